The van der Waals surface area contributed by atoms with Crippen LogP contribution < -0.4 is 14.4 Å². The number of benzene rings is 2. The van der Waals surface area contributed by atoms with Crippen molar-refractivity contribution in [3.05, 3.63) is 42.0 Å². The highest BCUT2D eigenvalue weighted by Crippen LogP contribution is 2.39. The van der Waals surface area contributed by atoms with Gasteiger partial charge in [0, 0.05) is 37.3 Å². The zero-order chi connectivity index (χ0) is 27.6. The SMILES string of the molecule is CN(C)CCCN(C(=O)c1ccc(S(=O)(=O)N(C)C2CCCCC2)cc1)c1nc2cc3c(cc2s1)OCCO3. The van der Waals surface area contributed by atoms with Crippen LogP contribution in [0.4, 0.5) is 5.13 Å². The van der Waals surface area contributed by atoms with Crippen molar-refractivity contribution in [3.63, 3.8) is 0 Å². The molecule has 1 aliphatic heterocycles. The van der Waals surface area contributed by atoms with E-state index in [1.54, 1.807) is 36.2 Å². The number of hydrogen-bond acceptors (Lipinski definition) is 8. The predicted molar refractivity (Wildman–Crippen MR) is 154 cm³/mol. The van der Waals surface area contributed by atoms with Crippen LogP contribution in [-0.4, -0.2) is 82.0 Å². The van der Waals surface area contributed by atoms with E-state index >= 15 is 0 Å². The van der Waals surface area contributed by atoms with Crippen LogP contribution in [-0.2, 0) is 10.0 Å². The Morgan fingerprint density at radius 1 is 0.974 bits per heavy atom. The van der Waals surface area contributed by atoms with E-state index in [0.717, 1.165) is 55.3 Å². The lowest BCUT2D eigenvalue weighted by atomic mass is 9.96. The van der Waals surface area contributed by atoms with Crippen molar-refractivity contribution in [1.82, 2.24) is 14.2 Å². The lowest BCUT2D eigenvalue weighted by Gasteiger charge is -2.30. The summed E-state index contributed by atoms with van der Waals surface area (Å²) in [6.45, 7) is 2.29. The molecule has 1 amide bonds. The fourth-order valence-electron chi connectivity index (χ4n) is 5.13. The van der Waals surface area contributed by atoms with Gasteiger partial charge < -0.3 is 14.4 Å². The minimum atomic E-state index is -3.63. The fourth-order valence-corrected chi connectivity index (χ4v) is 7.55. The number of fused-ring (bicyclic) bond motifs is 2. The van der Waals surface area contributed by atoms with Crippen molar-refractivity contribution in [2.24, 2.45) is 0 Å². The lowest BCUT2D eigenvalue weighted by Crippen LogP contribution is -2.38. The number of thiazole rings is 1. The van der Waals surface area contributed by atoms with Crippen molar-refractivity contribution in [1.29, 1.82) is 0 Å². The molecule has 0 radical (unpaired) electrons. The summed E-state index contributed by atoms with van der Waals surface area (Å²) in [4.78, 5) is 22.5. The van der Waals surface area contributed by atoms with Gasteiger partial charge in [0.2, 0.25) is 10.0 Å². The van der Waals surface area contributed by atoms with E-state index in [-0.39, 0.29) is 16.8 Å². The Bertz CT molecular complexity index is 1370. The Hall–Kier alpha value is -2.73. The molecule has 1 aromatic heterocycles. The normalized spacial score (nSPS) is 16.2. The van der Waals surface area contributed by atoms with Crippen molar-refractivity contribution >= 4 is 42.6 Å². The second kappa shape index (κ2) is 11.8. The van der Waals surface area contributed by atoms with Gasteiger partial charge in [-0.25, -0.2) is 13.4 Å². The monoisotopic (exact) mass is 572 g/mol. The van der Waals surface area contributed by atoms with Gasteiger partial charge in [-0.1, -0.05) is 30.6 Å². The van der Waals surface area contributed by atoms with E-state index in [9.17, 15) is 13.2 Å². The van der Waals surface area contributed by atoms with Gasteiger partial charge in [-0.2, -0.15) is 4.31 Å². The van der Waals surface area contributed by atoms with Crippen molar-refractivity contribution in [2.75, 3.05) is 52.3 Å². The summed E-state index contributed by atoms with van der Waals surface area (Å²) in [6, 6.07) is 10.1. The molecule has 1 saturated carbocycles. The highest BCUT2D eigenvalue weighted by Gasteiger charge is 2.30. The van der Waals surface area contributed by atoms with Crippen LogP contribution in [0.15, 0.2) is 41.3 Å². The molecule has 0 bridgehead atoms. The molecule has 1 fully saturated rings. The molecule has 0 saturated heterocycles. The standard InChI is InChI=1S/C28H36N4O5S2/c1-30(2)14-7-15-32(28-29-23-18-24-25(19-26(23)38-28)37-17-16-36-24)27(33)20-10-12-22(13-11-20)39(34,35)31(3)21-8-5-4-6-9-21/h10-13,18-19,21H,4-9,14-17H2,1-3H3. The molecular weight excluding hydrogens is 536 g/mol. The van der Waals surface area contributed by atoms with Crippen LogP contribution in [0.25, 0.3) is 10.2 Å². The molecule has 5 rings (SSSR count). The highest BCUT2D eigenvalue weighted by molar-refractivity contribution is 7.89. The van der Waals surface area contributed by atoms with E-state index < -0.39 is 10.0 Å². The van der Waals surface area contributed by atoms with Crippen molar-refractivity contribution in [3.8, 4) is 11.5 Å². The summed E-state index contributed by atoms with van der Waals surface area (Å²) in [5.41, 5.74) is 1.17. The minimum Gasteiger partial charge on any atom is -0.486 e. The molecule has 0 unspecified atom stereocenters. The van der Waals surface area contributed by atoms with E-state index in [4.69, 9.17) is 14.5 Å². The number of amides is 1. The first-order valence-electron chi connectivity index (χ1n) is 13.5. The molecular formula is C28H36N4O5S2. The van der Waals surface area contributed by atoms with Crippen LogP contribution >= 0.6 is 11.3 Å². The maximum Gasteiger partial charge on any atom is 0.260 e. The quantitative estimate of drug-likeness (QED) is 0.370. The molecule has 2 aliphatic rings. The molecule has 2 heterocycles. The maximum absolute atomic E-state index is 13.8. The van der Waals surface area contributed by atoms with Crippen LogP contribution in [0.3, 0.4) is 0 Å². The topological polar surface area (TPSA) is 92.3 Å². The number of nitrogens with zero attached hydrogens (tertiary/aromatic N) is 4. The smallest absolute Gasteiger partial charge is 0.260 e. The third-order valence-corrected chi connectivity index (χ3v) is 10.3. The fraction of sp³-hybridized carbons (Fsp3) is 0.500. The number of carbonyl (C=O) groups excluding carboxylic acids is 1. The van der Waals surface area contributed by atoms with Crippen molar-refractivity contribution < 1.29 is 22.7 Å². The average molecular weight is 573 g/mol. The summed E-state index contributed by atoms with van der Waals surface area (Å²) < 4.78 is 40.4. The number of hydrogen-bond donors (Lipinski definition) is 0. The van der Waals surface area contributed by atoms with E-state index in [1.807, 2.05) is 26.2 Å². The zero-order valence-electron chi connectivity index (χ0n) is 22.8. The lowest BCUT2D eigenvalue weighted by molar-refractivity contribution is 0.0986. The summed E-state index contributed by atoms with van der Waals surface area (Å²) in [7, 11) is 2.03. The summed E-state index contributed by atoms with van der Waals surface area (Å²) in [6.07, 6.45) is 5.79. The average Bonchev–Trinajstić information content (AvgIpc) is 3.36. The Morgan fingerprint density at radius 2 is 1.64 bits per heavy atom. The Balaban J connectivity index is 1.40. The first kappa shape index (κ1) is 27.8. The largest absolute Gasteiger partial charge is 0.486 e. The molecule has 210 valence electrons. The van der Waals surface area contributed by atoms with Gasteiger partial charge in [-0.3, -0.25) is 9.69 Å². The van der Waals surface area contributed by atoms with Crippen LogP contribution in [0.2, 0.25) is 0 Å². The first-order valence-corrected chi connectivity index (χ1v) is 15.7. The third kappa shape index (κ3) is 6.06. The Labute approximate surface area is 234 Å². The Kier molecular flexibility index (Phi) is 8.41. The second-order valence-corrected chi connectivity index (χ2v) is 13.4. The number of ether oxygens (including phenoxy) is 2. The third-order valence-electron chi connectivity index (χ3n) is 7.37. The maximum atomic E-state index is 13.8. The second-order valence-electron chi connectivity index (χ2n) is 10.4. The number of rotatable bonds is 9. The zero-order valence-corrected chi connectivity index (χ0v) is 24.4. The van der Waals surface area contributed by atoms with Gasteiger partial charge in [0.25, 0.3) is 5.91 Å². The molecule has 2 aromatic carbocycles. The number of aromatic nitrogens is 1. The number of anilines is 1. The van der Waals surface area contributed by atoms with Crippen LogP contribution in [0.5, 0.6) is 11.5 Å². The molecule has 0 spiro atoms. The van der Waals surface area contributed by atoms with E-state index in [2.05, 4.69) is 4.90 Å². The predicted octanol–water partition coefficient (Wildman–Crippen LogP) is 4.62. The molecule has 1 aliphatic carbocycles. The molecule has 39 heavy (non-hydrogen) atoms. The molecule has 11 heteroatoms. The number of sulfonamides is 1. The van der Waals surface area contributed by atoms with Gasteiger partial charge in [-0.05, 0) is 64.2 Å². The van der Waals surface area contributed by atoms with Crippen LogP contribution in [0, 0.1) is 0 Å². The molecule has 0 N–H and O–H groups in total. The van der Waals surface area contributed by atoms with Gasteiger partial charge in [0.05, 0.1) is 15.1 Å². The van der Waals surface area contributed by atoms with E-state index in [1.165, 1.54) is 15.6 Å². The molecule has 3 aromatic rings. The Morgan fingerprint density at radius 3 is 2.31 bits per heavy atom. The number of carbonyl (C=O) groups is 1. The van der Waals surface area contributed by atoms with Gasteiger partial charge in [0.1, 0.15) is 13.2 Å². The summed E-state index contributed by atoms with van der Waals surface area (Å²) in [5.74, 6) is 1.13. The van der Waals surface area contributed by atoms with E-state index in [0.29, 0.717) is 42.0 Å². The summed E-state index contributed by atoms with van der Waals surface area (Å²) >= 11 is 1.43. The van der Waals surface area contributed by atoms with Gasteiger partial charge >= 0.3 is 0 Å². The summed E-state index contributed by atoms with van der Waals surface area (Å²) in [5, 5.41) is 0.588. The highest BCUT2D eigenvalue weighted by atomic mass is 32.2. The molecule has 9 nitrogen and oxygen atoms in total. The first-order chi connectivity index (χ1) is 18.7. The van der Waals surface area contributed by atoms with Crippen molar-refractivity contribution in [2.45, 2.75) is 49.5 Å². The molecule has 0 atom stereocenters. The van der Waals surface area contributed by atoms with Gasteiger partial charge in [-0.15, -0.1) is 0 Å². The van der Waals surface area contributed by atoms with Gasteiger partial charge in [0.15, 0.2) is 16.6 Å². The van der Waals surface area contributed by atoms with Crippen LogP contribution in [0.1, 0.15) is 48.9 Å². The minimum absolute atomic E-state index is 0.0257.